The number of carbonyl (C=O) groups is 4. The first-order chi connectivity index (χ1) is 20.0. The fourth-order valence-corrected chi connectivity index (χ4v) is 8.75. The summed E-state index contributed by atoms with van der Waals surface area (Å²) in [7, 11) is 0. The monoisotopic (exact) mass is 590 g/mol. The average Bonchev–Trinajstić information content (AvgIpc) is 3.24. The van der Waals surface area contributed by atoms with Gasteiger partial charge in [0, 0.05) is 24.9 Å². The molecule has 1 N–H and O–H groups in total. The molecule has 9 heteroatoms. The number of ketones is 2. The lowest BCUT2D eigenvalue weighted by atomic mass is 9.45. The molecule has 0 spiro atoms. The topological polar surface area (TPSA) is 125 Å². The number of ether oxygens (including phenoxy) is 4. The van der Waals surface area contributed by atoms with E-state index in [4.69, 9.17) is 18.9 Å². The minimum Gasteiger partial charge on any atom is -0.456 e. The number of unbranched alkanes of at least 4 members (excludes halogenated alkanes) is 1. The van der Waals surface area contributed by atoms with Crippen LogP contribution in [-0.4, -0.2) is 73.4 Å². The average molecular weight is 591 g/mol. The molecule has 0 radical (unpaired) electrons. The lowest BCUT2D eigenvalue weighted by Gasteiger charge is -2.60. The molecule has 3 saturated carbocycles. The fraction of sp³-hybridized carbons (Fsp3) is 0.818. The van der Waals surface area contributed by atoms with Gasteiger partial charge >= 0.3 is 11.9 Å². The van der Waals surface area contributed by atoms with Crippen molar-refractivity contribution in [2.75, 3.05) is 33.0 Å². The Hall–Kier alpha value is -2.10. The highest BCUT2D eigenvalue weighted by Crippen LogP contribution is 2.68. The van der Waals surface area contributed by atoms with Crippen molar-refractivity contribution >= 4 is 23.5 Å². The van der Waals surface area contributed by atoms with Crippen molar-refractivity contribution < 1.29 is 43.2 Å². The fourth-order valence-electron chi connectivity index (χ4n) is 8.75. The van der Waals surface area contributed by atoms with Crippen LogP contribution in [0.25, 0.3) is 0 Å². The standard InChI is InChI=1S/C33H50O9/c1-5-7-8-28(37)42-33(27(36)20-41-29(38)21-40-17-16-39-15-6-2)14-12-25-24-10-9-22-18-23(34)11-13-31(22,3)30(24)26(35)19-32(25,33)4/h18,24-26,30,35H,5-17,19-21H2,1-4H3. The number of rotatable bonds is 14. The summed E-state index contributed by atoms with van der Waals surface area (Å²) in [6, 6.07) is 0. The summed E-state index contributed by atoms with van der Waals surface area (Å²) in [5.74, 6) is -1.23. The Kier molecular flexibility index (Phi) is 10.7. The second-order valence-corrected chi connectivity index (χ2v) is 13.3. The van der Waals surface area contributed by atoms with Gasteiger partial charge in [0.1, 0.15) is 6.61 Å². The van der Waals surface area contributed by atoms with E-state index >= 15 is 0 Å². The third-order valence-electron chi connectivity index (χ3n) is 10.8. The number of hydrogen-bond donors (Lipinski definition) is 1. The van der Waals surface area contributed by atoms with Gasteiger partial charge in [-0.3, -0.25) is 14.4 Å². The van der Waals surface area contributed by atoms with Crippen molar-refractivity contribution in [1.29, 1.82) is 0 Å². The molecule has 0 aromatic rings. The van der Waals surface area contributed by atoms with Gasteiger partial charge in [0.25, 0.3) is 0 Å². The first kappa shape index (κ1) is 32.8. The summed E-state index contributed by atoms with van der Waals surface area (Å²) in [6.07, 6.45) is 7.78. The number of allylic oxidation sites excluding steroid dienone is 1. The number of esters is 2. The van der Waals surface area contributed by atoms with Crippen LogP contribution in [0.5, 0.6) is 0 Å². The summed E-state index contributed by atoms with van der Waals surface area (Å²) >= 11 is 0. The molecular formula is C33H50O9. The van der Waals surface area contributed by atoms with Gasteiger partial charge in [-0.1, -0.05) is 39.7 Å². The first-order valence-corrected chi connectivity index (χ1v) is 16.0. The van der Waals surface area contributed by atoms with Gasteiger partial charge in [0.05, 0.1) is 19.3 Å². The molecule has 0 aliphatic heterocycles. The zero-order chi connectivity index (χ0) is 30.5. The second-order valence-electron chi connectivity index (χ2n) is 13.3. The van der Waals surface area contributed by atoms with Gasteiger partial charge in [-0.05, 0) is 80.6 Å². The molecule has 4 rings (SSSR count). The van der Waals surface area contributed by atoms with E-state index in [1.807, 2.05) is 20.8 Å². The molecule has 7 atom stereocenters. The van der Waals surface area contributed by atoms with Crippen molar-refractivity contribution in [2.24, 2.45) is 28.6 Å². The second kappa shape index (κ2) is 13.7. The molecule has 42 heavy (non-hydrogen) atoms. The smallest absolute Gasteiger partial charge is 0.332 e. The van der Waals surface area contributed by atoms with Crippen LogP contribution in [0.3, 0.4) is 0 Å². The van der Waals surface area contributed by atoms with Crippen LogP contribution in [-0.2, 0) is 38.1 Å². The lowest BCUT2D eigenvalue weighted by Crippen LogP contribution is -2.63. The van der Waals surface area contributed by atoms with Gasteiger partial charge in [-0.25, -0.2) is 4.79 Å². The van der Waals surface area contributed by atoms with Gasteiger partial charge < -0.3 is 24.1 Å². The SMILES string of the molecule is CCCCC(=O)OC1(C(=O)COC(=O)COCCOCCC)CCC2C3CCC4=CC(=O)CCC4(C)C3C(O)CC21C. The molecular weight excluding hydrogens is 540 g/mol. The van der Waals surface area contributed by atoms with Crippen LogP contribution in [0.15, 0.2) is 11.6 Å². The summed E-state index contributed by atoms with van der Waals surface area (Å²) in [5.41, 5.74) is -1.42. The van der Waals surface area contributed by atoms with Gasteiger partial charge in [-0.2, -0.15) is 0 Å². The maximum absolute atomic E-state index is 14.0. The normalized spacial score (nSPS) is 35.5. The highest BCUT2D eigenvalue weighted by atomic mass is 16.6. The van der Waals surface area contributed by atoms with E-state index in [9.17, 15) is 24.3 Å². The highest BCUT2D eigenvalue weighted by molar-refractivity contribution is 5.93. The maximum atomic E-state index is 14.0. The van der Waals surface area contributed by atoms with Crippen molar-refractivity contribution in [1.82, 2.24) is 0 Å². The number of aliphatic hydroxyl groups is 1. The molecule has 0 bridgehead atoms. The number of Topliss-reactive ketones (excluding diaryl/α,β-unsaturated/α-hetero) is 1. The zero-order valence-electron chi connectivity index (χ0n) is 25.9. The Bertz CT molecular complexity index is 1050. The number of hydrogen-bond acceptors (Lipinski definition) is 9. The quantitative estimate of drug-likeness (QED) is 0.230. The predicted octanol–water partition coefficient (Wildman–Crippen LogP) is 4.52. The Morgan fingerprint density at radius 3 is 2.45 bits per heavy atom. The van der Waals surface area contributed by atoms with E-state index in [-0.39, 0.29) is 48.6 Å². The Morgan fingerprint density at radius 2 is 1.71 bits per heavy atom. The van der Waals surface area contributed by atoms with Crippen molar-refractivity contribution in [3.8, 4) is 0 Å². The van der Waals surface area contributed by atoms with E-state index in [1.54, 1.807) is 6.08 Å². The van der Waals surface area contributed by atoms with Crippen molar-refractivity contribution in [2.45, 2.75) is 110 Å². The van der Waals surface area contributed by atoms with Crippen molar-refractivity contribution in [3.05, 3.63) is 11.6 Å². The van der Waals surface area contributed by atoms with Crippen LogP contribution in [0.4, 0.5) is 0 Å². The summed E-state index contributed by atoms with van der Waals surface area (Å²) in [6.45, 7) is 8.57. The number of fused-ring (bicyclic) bond motifs is 5. The Labute approximate surface area is 250 Å². The zero-order valence-corrected chi connectivity index (χ0v) is 25.9. The van der Waals surface area contributed by atoms with Crippen LogP contribution in [0.2, 0.25) is 0 Å². The van der Waals surface area contributed by atoms with Crippen LogP contribution in [0.1, 0.15) is 98.3 Å². The number of carbonyl (C=O) groups excluding carboxylic acids is 4. The highest BCUT2D eigenvalue weighted by Gasteiger charge is 2.70. The molecule has 7 unspecified atom stereocenters. The Balaban J connectivity index is 1.52. The molecule has 4 aliphatic carbocycles. The largest absolute Gasteiger partial charge is 0.456 e. The van der Waals surface area contributed by atoms with E-state index in [0.717, 1.165) is 37.7 Å². The maximum Gasteiger partial charge on any atom is 0.332 e. The minimum absolute atomic E-state index is 0.0262. The van der Waals surface area contributed by atoms with Crippen LogP contribution in [0, 0.1) is 28.6 Å². The molecule has 236 valence electrons. The molecule has 4 aliphatic rings. The molecule has 0 heterocycles. The molecule has 0 aromatic heterocycles. The third kappa shape index (κ3) is 6.25. The molecule has 0 amide bonds. The van der Waals surface area contributed by atoms with Gasteiger partial charge in [0.2, 0.25) is 5.78 Å². The van der Waals surface area contributed by atoms with Crippen LogP contribution < -0.4 is 0 Å². The minimum atomic E-state index is -1.48. The Morgan fingerprint density at radius 1 is 0.952 bits per heavy atom. The predicted molar refractivity (Wildman–Crippen MR) is 154 cm³/mol. The van der Waals surface area contributed by atoms with Gasteiger partial charge in [-0.15, -0.1) is 0 Å². The van der Waals surface area contributed by atoms with Gasteiger partial charge in [0.15, 0.2) is 18.0 Å². The molecule has 0 aromatic carbocycles. The van der Waals surface area contributed by atoms with Crippen molar-refractivity contribution in [3.63, 3.8) is 0 Å². The van der Waals surface area contributed by atoms with Crippen LogP contribution >= 0.6 is 0 Å². The van der Waals surface area contributed by atoms with E-state index in [0.29, 0.717) is 45.3 Å². The first-order valence-electron chi connectivity index (χ1n) is 16.0. The van der Waals surface area contributed by atoms with E-state index < -0.39 is 41.4 Å². The molecule has 3 fully saturated rings. The summed E-state index contributed by atoms with van der Waals surface area (Å²) < 4.78 is 22.2. The third-order valence-corrected chi connectivity index (χ3v) is 10.8. The summed E-state index contributed by atoms with van der Waals surface area (Å²) in [4.78, 5) is 51.7. The van der Waals surface area contributed by atoms with E-state index in [2.05, 4.69) is 6.92 Å². The summed E-state index contributed by atoms with van der Waals surface area (Å²) in [5, 5.41) is 11.8. The molecule has 0 saturated heterocycles. The molecule has 9 nitrogen and oxygen atoms in total. The number of aliphatic hydroxyl groups excluding tert-OH is 1. The lowest BCUT2D eigenvalue weighted by molar-refractivity contribution is -0.203. The van der Waals surface area contributed by atoms with E-state index in [1.165, 1.54) is 0 Å².